The average Bonchev–Trinajstić information content (AvgIpc) is 2.97. The molecular formula is C14H16N4O4S2. The highest BCUT2D eigenvalue weighted by atomic mass is 32.1. The number of benzene rings is 1. The number of phenols is 1. The summed E-state index contributed by atoms with van der Waals surface area (Å²) < 4.78 is 5.21. The lowest BCUT2D eigenvalue weighted by atomic mass is 10.1. The summed E-state index contributed by atoms with van der Waals surface area (Å²) in [5.74, 6) is -0.694. The maximum Gasteiger partial charge on any atom is 0.323 e. The van der Waals surface area contributed by atoms with Crippen LogP contribution in [-0.2, 0) is 20.7 Å². The van der Waals surface area contributed by atoms with Crippen LogP contribution in [0.4, 0.5) is 5.13 Å². The lowest BCUT2D eigenvalue weighted by Crippen LogP contribution is -2.43. The second-order valence-corrected chi connectivity index (χ2v) is 6.46. The summed E-state index contributed by atoms with van der Waals surface area (Å²) in [6.07, 6.45) is 0.321. The zero-order valence-corrected chi connectivity index (χ0v) is 14.4. The van der Waals surface area contributed by atoms with Crippen molar-refractivity contribution >= 4 is 40.6 Å². The smallest absolute Gasteiger partial charge is 0.323 e. The van der Waals surface area contributed by atoms with E-state index in [4.69, 9.17) is 17.0 Å². The van der Waals surface area contributed by atoms with E-state index in [2.05, 4.69) is 20.8 Å². The SMILES string of the molecule is COC(=O)[C@H](Cc1ccc(O)cc1)NCC(=O)Nc1n[nH]c(=S)s1. The van der Waals surface area contributed by atoms with Crippen LogP contribution < -0.4 is 10.6 Å². The molecule has 0 radical (unpaired) electrons. The van der Waals surface area contributed by atoms with E-state index in [1.54, 1.807) is 12.1 Å². The van der Waals surface area contributed by atoms with Crippen LogP contribution in [0.3, 0.4) is 0 Å². The number of carbonyl (C=O) groups is 2. The number of carbonyl (C=O) groups excluding carboxylic acids is 2. The number of H-pyrrole nitrogens is 1. The standard InChI is InChI=1S/C14H16N4O4S2/c1-22-12(21)10(6-8-2-4-9(19)5-3-8)15-7-11(20)16-13-17-18-14(23)24-13/h2-5,10,15,19H,6-7H2,1H3,(H,18,23)(H,16,17,20)/t10-/m0/s1. The number of rotatable bonds is 7. The van der Waals surface area contributed by atoms with Gasteiger partial charge in [0, 0.05) is 0 Å². The molecule has 0 saturated heterocycles. The summed E-state index contributed by atoms with van der Waals surface area (Å²) in [7, 11) is 1.28. The van der Waals surface area contributed by atoms with E-state index in [0.717, 1.165) is 16.9 Å². The van der Waals surface area contributed by atoms with Crippen molar-refractivity contribution in [2.75, 3.05) is 19.0 Å². The average molecular weight is 368 g/mol. The summed E-state index contributed by atoms with van der Waals surface area (Å²) in [4.78, 5) is 23.8. The Morgan fingerprint density at radius 2 is 2.12 bits per heavy atom. The Labute approximate surface area is 146 Å². The number of nitrogens with zero attached hydrogens (tertiary/aromatic N) is 1. The van der Waals surface area contributed by atoms with E-state index in [1.807, 2.05) is 0 Å². The number of anilines is 1. The number of nitrogens with one attached hydrogen (secondary N) is 3. The first-order valence-corrected chi connectivity index (χ1v) is 8.15. The second-order valence-electron chi connectivity index (χ2n) is 4.79. The van der Waals surface area contributed by atoms with Gasteiger partial charge in [-0.25, -0.2) is 0 Å². The molecule has 1 aromatic carbocycles. The first-order chi connectivity index (χ1) is 11.5. The molecule has 1 aromatic heterocycles. The molecule has 2 aromatic rings. The van der Waals surface area contributed by atoms with Gasteiger partial charge in [-0.05, 0) is 36.3 Å². The number of esters is 1. The fourth-order valence-electron chi connectivity index (χ4n) is 1.91. The van der Waals surface area contributed by atoms with Crippen LogP contribution in [0, 0.1) is 3.95 Å². The second kappa shape index (κ2) is 8.52. The van der Waals surface area contributed by atoms with Crippen LogP contribution in [0.25, 0.3) is 0 Å². The fourth-order valence-corrected chi connectivity index (χ4v) is 2.72. The quantitative estimate of drug-likeness (QED) is 0.429. The Hall–Kier alpha value is -2.30. The van der Waals surface area contributed by atoms with Crippen molar-refractivity contribution in [2.45, 2.75) is 12.5 Å². The Morgan fingerprint density at radius 3 is 2.71 bits per heavy atom. The van der Waals surface area contributed by atoms with Crippen LogP contribution in [0.2, 0.25) is 0 Å². The number of methoxy groups -OCH3 is 1. The number of aromatic hydroxyl groups is 1. The maximum atomic E-state index is 11.9. The van der Waals surface area contributed by atoms with E-state index in [-0.39, 0.29) is 18.2 Å². The van der Waals surface area contributed by atoms with Gasteiger partial charge in [0.05, 0.1) is 13.7 Å². The van der Waals surface area contributed by atoms with Gasteiger partial charge in [-0.3, -0.25) is 25.3 Å². The molecule has 1 amide bonds. The molecule has 0 unspecified atom stereocenters. The maximum absolute atomic E-state index is 11.9. The Kier molecular flexibility index (Phi) is 6.41. The molecule has 24 heavy (non-hydrogen) atoms. The molecular weight excluding hydrogens is 352 g/mol. The largest absolute Gasteiger partial charge is 0.508 e. The van der Waals surface area contributed by atoms with Crippen LogP contribution in [-0.4, -0.2) is 46.9 Å². The van der Waals surface area contributed by atoms with Crippen LogP contribution in [0.15, 0.2) is 24.3 Å². The number of aromatic amines is 1. The van der Waals surface area contributed by atoms with Gasteiger partial charge < -0.3 is 9.84 Å². The highest BCUT2D eigenvalue weighted by molar-refractivity contribution is 7.73. The van der Waals surface area contributed by atoms with Crippen molar-refractivity contribution in [3.05, 3.63) is 33.8 Å². The van der Waals surface area contributed by atoms with Gasteiger partial charge in [0.15, 0.2) is 3.95 Å². The van der Waals surface area contributed by atoms with E-state index in [0.29, 0.717) is 15.5 Å². The summed E-state index contributed by atoms with van der Waals surface area (Å²) in [5.41, 5.74) is 0.821. The third-order valence-corrected chi connectivity index (χ3v) is 4.06. The van der Waals surface area contributed by atoms with Crippen molar-refractivity contribution in [3.8, 4) is 5.75 Å². The highest BCUT2D eigenvalue weighted by Gasteiger charge is 2.20. The van der Waals surface area contributed by atoms with Crippen LogP contribution >= 0.6 is 23.6 Å². The minimum absolute atomic E-state index is 0.0931. The molecule has 2 rings (SSSR count). The molecule has 128 valence electrons. The predicted molar refractivity (Wildman–Crippen MR) is 91.5 cm³/mol. The van der Waals surface area contributed by atoms with Gasteiger partial charge in [-0.15, -0.1) is 5.10 Å². The number of hydrogen-bond acceptors (Lipinski definition) is 8. The van der Waals surface area contributed by atoms with E-state index in [1.165, 1.54) is 19.2 Å². The van der Waals surface area contributed by atoms with Crippen molar-refractivity contribution in [1.29, 1.82) is 0 Å². The van der Waals surface area contributed by atoms with Gasteiger partial charge in [-0.2, -0.15) is 0 Å². The third-order valence-electron chi connectivity index (χ3n) is 3.06. The van der Waals surface area contributed by atoms with Crippen LogP contribution in [0.5, 0.6) is 5.75 Å². The molecule has 4 N–H and O–H groups in total. The molecule has 0 aliphatic carbocycles. The lowest BCUT2D eigenvalue weighted by Gasteiger charge is -2.16. The summed E-state index contributed by atoms with van der Waals surface area (Å²) in [6.45, 7) is -0.0931. The number of hydrogen-bond donors (Lipinski definition) is 4. The summed E-state index contributed by atoms with van der Waals surface area (Å²) in [6, 6.07) is 5.76. The van der Waals surface area contributed by atoms with Crippen molar-refractivity contribution < 1.29 is 19.4 Å². The number of ether oxygens (including phenoxy) is 1. The number of aromatic nitrogens is 2. The molecule has 8 nitrogen and oxygen atoms in total. The number of amides is 1. The number of phenolic OH excluding ortho intramolecular Hbond substituents is 1. The molecule has 0 aliphatic rings. The predicted octanol–water partition coefficient (Wildman–Crippen LogP) is 1.22. The lowest BCUT2D eigenvalue weighted by molar-refractivity contribution is -0.143. The highest BCUT2D eigenvalue weighted by Crippen LogP contribution is 2.12. The fraction of sp³-hybridized carbons (Fsp3) is 0.286. The zero-order chi connectivity index (χ0) is 17.5. The molecule has 0 bridgehead atoms. The third kappa shape index (κ3) is 5.41. The molecule has 0 fully saturated rings. The Bertz CT molecular complexity index is 757. The van der Waals surface area contributed by atoms with Crippen molar-refractivity contribution in [3.63, 3.8) is 0 Å². The topological polar surface area (TPSA) is 116 Å². The van der Waals surface area contributed by atoms with Gasteiger partial charge in [-0.1, -0.05) is 23.5 Å². The van der Waals surface area contributed by atoms with E-state index in [9.17, 15) is 14.7 Å². The first kappa shape index (κ1) is 18.0. The van der Waals surface area contributed by atoms with Gasteiger partial charge >= 0.3 is 5.97 Å². The molecule has 10 heteroatoms. The van der Waals surface area contributed by atoms with Crippen LogP contribution in [0.1, 0.15) is 5.56 Å². The minimum atomic E-state index is -0.692. The van der Waals surface area contributed by atoms with Crippen molar-refractivity contribution in [1.82, 2.24) is 15.5 Å². The van der Waals surface area contributed by atoms with Gasteiger partial charge in [0.2, 0.25) is 11.0 Å². The zero-order valence-electron chi connectivity index (χ0n) is 12.7. The molecule has 1 heterocycles. The monoisotopic (exact) mass is 368 g/mol. The van der Waals surface area contributed by atoms with E-state index >= 15 is 0 Å². The Morgan fingerprint density at radius 1 is 1.42 bits per heavy atom. The molecule has 0 spiro atoms. The first-order valence-electron chi connectivity index (χ1n) is 6.92. The normalized spacial score (nSPS) is 11.7. The molecule has 0 saturated carbocycles. The molecule has 1 atom stereocenters. The van der Waals surface area contributed by atoms with Gasteiger partial charge in [0.25, 0.3) is 0 Å². The summed E-state index contributed by atoms with van der Waals surface area (Å²) >= 11 is 6.02. The van der Waals surface area contributed by atoms with Gasteiger partial charge in [0.1, 0.15) is 11.8 Å². The van der Waals surface area contributed by atoms with E-state index < -0.39 is 12.0 Å². The Balaban J connectivity index is 1.93. The van der Waals surface area contributed by atoms with Crippen molar-refractivity contribution in [2.24, 2.45) is 0 Å². The summed E-state index contributed by atoms with van der Waals surface area (Å²) in [5, 5.41) is 21.5. The minimum Gasteiger partial charge on any atom is -0.508 e. The molecule has 0 aliphatic heterocycles.